The summed E-state index contributed by atoms with van der Waals surface area (Å²) in [6, 6.07) is 9.23. The lowest BCUT2D eigenvalue weighted by Gasteiger charge is -2.42. The average Bonchev–Trinajstić information content (AvgIpc) is 3.21. The van der Waals surface area contributed by atoms with Crippen molar-refractivity contribution in [2.24, 2.45) is 5.92 Å². The number of carbonyl (C=O) groups is 1. The van der Waals surface area contributed by atoms with Crippen molar-refractivity contribution in [2.45, 2.75) is 39.2 Å². The predicted molar refractivity (Wildman–Crippen MR) is 136 cm³/mol. The molecule has 8 nitrogen and oxygen atoms in total. The first kappa shape index (κ1) is 22.8. The van der Waals surface area contributed by atoms with Gasteiger partial charge in [-0.05, 0) is 49.4 Å². The van der Waals surface area contributed by atoms with Crippen molar-refractivity contribution in [1.82, 2.24) is 14.8 Å². The second kappa shape index (κ2) is 8.78. The van der Waals surface area contributed by atoms with Crippen molar-refractivity contribution >= 4 is 27.8 Å². The summed E-state index contributed by atoms with van der Waals surface area (Å²) in [7, 11) is 0. The molecule has 0 aliphatic carbocycles. The van der Waals surface area contributed by atoms with Crippen molar-refractivity contribution in [2.75, 3.05) is 26.2 Å². The third-order valence-electron chi connectivity index (χ3n) is 7.82. The van der Waals surface area contributed by atoms with E-state index in [-0.39, 0.29) is 17.9 Å². The molecule has 6 rings (SSSR count). The monoisotopic (exact) mass is 487 g/mol. The summed E-state index contributed by atoms with van der Waals surface area (Å²) in [6.07, 6.45) is 2.77. The van der Waals surface area contributed by atoms with E-state index in [0.29, 0.717) is 35.1 Å². The van der Waals surface area contributed by atoms with Gasteiger partial charge in [0.2, 0.25) is 5.91 Å². The van der Waals surface area contributed by atoms with Crippen LogP contribution in [0.4, 0.5) is 0 Å². The molecule has 1 N–H and O–H groups in total. The molecular formula is C28H29N3O5. The number of nitrogens with zero attached hydrogens (tertiary/aromatic N) is 2. The summed E-state index contributed by atoms with van der Waals surface area (Å²) in [4.78, 5) is 40.0. The van der Waals surface area contributed by atoms with Crippen molar-refractivity contribution in [3.05, 3.63) is 79.8 Å². The van der Waals surface area contributed by atoms with Gasteiger partial charge in [0.25, 0.3) is 5.56 Å². The fraction of sp³-hybridized carbons (Fsp3) is 0.393. The maximum atomic E-state index is 12.8. The van der Waals surface area contributed by atoms with Crippen LogP contribution in [0.3, 0.4) is 0 Å². The van der Waals surface area contributed by atoms with Crippen molar-refractivity contribution in [3.8, 4) is 0 Å². The molecule has 2 atom stereocenters. The van der Waals surface area contributed by atoms with E-state index < -0.39 is 5.63 Å². The van der Waals surface area contributed by atoms with Crippen LogP contribution >= 0.6 is 0 Å². The van der Waals surface area contributed by atoms with Gasteiger partial charge in [-0.1, -0.05) is 6.07 Å². The minimum Gasteiger partial charge on any atom is -0.464 e. The van der Waals surface area contributed by atoms with Gasteiger partial charge < -0.3 is 23.6 Å². The molecule has 1 amide bonds. The van der Waals surface area contributed by atoms with Crippen molar-refractivity contribution in [1.29, 1.82) is 0 Å². The maximum absolute atomic E-state index is 12.8. The lowest BCUT2D eigenvalue weighted by molar-refractivity contribution is -0.120. The number of likely N-dealkylation sites (tertiary alicyclic amines) is 1. The zero-order valence-corrected chi connectivity index (χ0v) is 20.5. The number of benzene rings is 1. The lowest BCUT2D eigenvalue weighted by atomic mass is 9.83. The van der Waals surface area contributed by atoms with Crippen LogP contribution in [0.25, 0.3) is 21.9 Å². The van der Waals surface area contributed by atoms with E-state index >= 15 is 0 Å². The molecule has 1 saturated heterocycles. The summed E-state index contributed by atoms with van der Waals surface area (Å²) in [5.74, 6) is 0.596. The predicted octanol–water partition coefficient (Wildman–Crippen LogP) is 3.10. The minimum atomic E-state index is -0.490. The highest BCUT2D eigenvalue weighted by molar-refractivity contribution is 5.96. The Kier molecular flexibility index (Phi) is 5.56. The first-order chi connectivity index (χ1) is 17.4. The van der Waals surface area contributed by atoms with Gasteiger partial charge in [-0.25, -0.2) is 4.79 Å². The number of amides is 1. The van der Waals surface area contributed by atoms with E-state index in [0.717, 1.165) is 60.2 Å². The van der Waals surface area contributed by atoms with Crippen molar-refractivity contribution in [3.63, 3.8) is 0 Å². The first-order valence-electron chi connectivity index (χ1n) is 12.5. The maximum Gasteiger partial charge on any atom is 0.340 e. The van der Waals surface area contributed by atoms with Gasteiger partial charge in [-0.2, -0.15) is 0 Å². The van der Waals surface area contributed by atoms with Gasteiger partial charge in [0.05, 0.1) is 18.2 Å². The van der Waals surface area contributed by atoms with Crippen LogP contribution in [0.5, 0.6) is 0 Å². The SMILES string of the molecule is Cc1coc2cc3oc(=O)c(CC(=O)NCCN4CC5CC(C4)c4cccc(=O)n4C5)c(C)c3cc12. The Balaban J connectivity index is 1.11. The summed E-state index contributed by atoms with van der Waals surface area (Å²) < 4.78 is 13.0. The number of furan rings is 1. The lowest BCUT2D eigenvalue weighted by Crippen LogP contribution is -2.48. The molecule has 4 aromatic rings. The Morgan fingerprint density at radius 2 is 1.94 bits per heavy atom. The van der Waals surface area contributed by atoms with Crippen LogP contribution < -0.4 is 16.5 Å². The highest BCUT2D eigenvalue weighted by atomic mass is 16.4. The van der Waals surface area contributed by atoms with Gasteiger partial charge in [-0.3, -0.25) is 9.59 Å². The largest absolute Gasteiger partial charge is 0.464 e. The summed E-state index contributed by atoms with van der Waals surface area (Å²) >= 11 is 0. The average molecular weight is 488 g/mol. The summed E-state index contributed by atoms with van der Waals surface area (Å²) in [5.41, 5.74) is 4.00. The van der Waals surface area contributed by atoms with Crippen molar-refractivity contribution < 1.29 is 13.6 Å². The number of aryl methyl sites for hydroxylation is 2. The van der Waals surface area contributed by atoms with E-state index in [1.165, 1.54) is 0 Å². The van der Waals surface area contributed by atoms with Gasteiger partial charge in [0.1, 0.15) is 11.2 Å². The topological polar surface area (TPSA) is 97.7 Å². The summed E-state index contributed by atoms with van der Waals surface area (Å²) in [6.45, 7) is 7.63. The van der Waals surface area contributed by atoms with E-state index in [2.05, 4.69) is 16.3 Å². The molecule has 2 unspecified atom stereocenters. The Labute approximate surface area is 207 Å². The van der Waals surface area contributed by atoms with Crippen LogP contribution in [0.1, 0.15) is 34.7 Å². The summed E-state index contributed by atoms with van der Waals surface area (Å²) in [5, 5.41) is 4.76. The smallest absolute Gasteiger partial charge is 0.340 e. The van der Waals surface area contributed by atoms with E-state index in [9.17, 15) is 14.4 Å². The number of piperidine rings is 1. The standard InChI is InChI=1S/C28H29N3O5/c1-16-15-35-24-11-25-21(9-20(16)24)17(2)22(28(34)36-25)10-26(32)29-6-7-30-12-18-8-19(14-30)23-4-3-5-27(33)31(23)13-18/h3-5,9,11,15,18-19H,6-8,10,12-14H2,1-2H3,(H,29,32). The number of nitrogens with one attached hydrogen (secondary N) is 1. The molecule has 3 aromatic heterocycles. The number of rotatable bonds is 5. The Morgan fingerprint density at radius 3 is 2.81 bits per heavy atom. The van der Waals surface area contributed by atoms with Gasteiger partial charge >= 0.3 is 5.63 Å². The molecule has 186 valence electrons. The molecule has 2 aliphatic rings. The third kappa shape index (κ3) is 3.95. The second-order valence-corrected chi connectivity index (χ2v) is 10.2. The fourth-order valence-corrected chi connectivity index (χ4v) is 6.00. The van der Waals surface area contributed by atoms with Crippen LogP contribution in [-0.2, 0) is 17.8 Å². The van der Waals surface area contributed by atoms with Crippen LogP contribution in [0, 0.1) is 19.8 Å². The molecule has 36 heavy (non-hydrogen) atoms. The number of carbonyl (C=O) groups excluding carboxylic acids is 1. The second-order valence-electron chi connectivity index (χ2n) is 10.2. The Hall–Kier alpha value is -3.65. The molecule has 2 aliphatic heterocycles. The number of hydrogen-bond donors (Lipinski definition) is 1. The number of aromatic nitrogens is 1. The van der Waals surface area contributed by atoms with Gasteiger partial charge in [0.15, 0.2) is 0 Å². The Bertz CT molecular complexity index is 1610. The molecule has 1 fully saturated rings. The number of pyridine rings is 1. The van der Waals surface area contributed by atoms with Crippen LogP contribution in [0.2, 0.25) is 0 Å². The molecule has 0 spiro atoms. The van der Waals surface area contributed by atoms with Crippen LogP contribution in [-0.4, -0.2) is 41.6 Å². The van der Waals surface area contributed by atoms with Gasteiger partial charge in [0, 0.05) is 67.2 Å². The number of fused-ring (bicyclic) bond motifs is 6. The zero-order chi connectivity index (χ0) is 25.0. The molecule has 5 heterocycles. The molecular weight excluding hydrogens is 458 g/mol. The molecule has 8 heteroatoms. The Morgan fingerprint density at radius 1 is 1.08 bits per heavy atom. The quantitative estimate of drug-likeness (QED) is 0.435. The normalized spacial score (nSPS) is 19.5. The van der Waals surface area contributed by atoms with E-state index in [1.807, 2.05) is 30.5 Å². The highest BCUT2D eigenvalue weighted by Crippen LogP contribution is 2.34. The minimum absolute atomic E-state index is 0.0198. The molecule has 0 saturated carbocycles. The molecule has 0 radical (unpaired) electrons. The van der Waals surface area contributed by atoms with E-state index in [1.54, 1.807) is 18.4 Å². The van der Waals surface area contributed by atoms with E-state index in [4.69, 9.17) is 8.83 Å². The fourth-order valence-electron chi connectivity index (χ4n) is 6.00. The first-order valence-corrected chi connectivity index (χ1v) is 12.5. The highest BCUT2D eigenvalue weighted by Gasteiger charge is 2.34. The zero-order valence-electron chi connectivity index (χ0n) is 20.5. The van der Waals surface area contributed by atoms with Gasteiger partial charge in [-0.15, -0.1) is 0 Å². The molecule has 1 aromatic carbocycles. The third-order valence-corrected chi connectivity index (χ3v) is 7.82. The number of hydrogen-bond acceptors (Lipinski definition) is 6. The molecule has 2 bridgehead atoms. The van der Waals surface area contributed by atoms with Crippen LogP contribution in [0.15, 0.2) is 55.0 Å².